The predicted octanol–water partition coefficient (Wildman–Crippen LogP) is 1.92. The summed E-state index contributed by atoms with van der Waals surface area (Å²) >= 11 is 0. The van der Waals surface area contributed by atoms with Gasteiger partial charge in [0, 0.05) is 24.9 Å². The molecule has 1 atom stereocenters. The van der Waals surface area contributed by atoms with Crippen molar-refractivity contribution < 1.29 is 17.9 Å². The number of aromatic nitrogens is 1. The molecule has 1 aromatic rings. The van der Waals surface area contributed by atoms with E-state index in [0.29, 0.717) is 17.6 Å². The van der Waals surface area contributed by atoms with Gasteiger partial charge in [-0.1, -0.05) is 0 Å². The maximum absolute atomic E-state index is 12.6. The Bertz CT molecular complexity index is 833. The molecule has 2 aliphatic rings. The lowest BCUT2D eigenvalue weighted by Crippen LogP contribution is -2.39. The van der Waals surface area contributed by atoms with Gasteiger partial charge in [-0.2, -0.15) is 0 Å². The lowest BCUT2D eigenvalue weighted by molar-refractivity contribution is -0.0183. The number of rotatable bonds is 7. The van der Waals surface area contributed by atoms with Gasteiger partial charge in [0.15, 0.2) is 0 Å². The minimum Gasteiger partial charge on any atom is -0.381 e. The first kappa shape index (κ1) is 21.5. The first-order valence-corrected chi connectivity index (χ1v) is 11.9. The van der Waals surface area contributed by atoms with E-state index in [1.165, 1.54) is 0 Å². The summed E-state index contributed by atoms with van der Waals surface area (Å²) in [5, 5.41) is 0. The predicted molar refractivity (Wildman–Crippen MR) is 108 cm³/mol. The van der Waals surface area contributed by atoms with Crippen molar-refractivity contribution >= 4 is 10.0 Å². The normalized spacial score (nSPS) is 26.6. The number of nitrogens with zero attached hydrogens (tertiary/aromatic N) is 1. The van der Waals surface area contributed by atoms with Crippen LogP contribution in [0.1, 0.15) is 49.3 Å². The van der Waals surface area contributed by atoms with Crippen LogP contribution in [0.25, 0.3) is 0 Å². The van der Waals surface area contributed by atoms with E-state index in [0.717, 1.165) is 57.1 Å². The van der Waals surface area contributed by atoms with Crippen LogP contribution in [0.5, 0.6) is 0 Å². The zero-order chi connectivity index (χ0) is 20.4. The van der Waals surface area contributed by atoms with Gasteiger partial charge >= 0.3 is 0 Å². The Kier molecular flexibility index (Phi) is 6.64. The van der Waals surface area contributed by atoms with Crippen LogP contribution in [0, 0.1) is 19.3 Å². The zero-order valence-electron chi connectivity index (χ0n) is 17.1. The maximum Gasteiger partial charge on any atom is 0.253 e. The number of hydrogen-bond donors (Lipinski definition) is 1. The van der Waals surface area contributed by atoms with Crippen molar-refractivity contribution in [3.8, 4) is 0 Å². The van der Waals surface area contributed by atoms with Gasteiger partial charge in [-0.05, 0) is 63.0 Å². The van der Waals surface area contributed by atoms with Gasteiger partial charge in [0.2, 0.25) is 10.0 Å². The number of hydrogen-bond acceptors (Lipinski definition) is 5. The molecule has 1 saturated carbocycles. The molecule has 2 heterocycles. The molecule has 1 unspecified atom stereocenters. The highest BCUT2D eigenvalue weighted by Gasteiger charge is 2.38. The Morgan fingerprint density at radius 2 is 2.04 bits per heavy atom. The minimum atomic E-state index is -3.35. The molecular weight excluding hydrogens is 380 g/mol. The third-order valence-electron chi connectivity index (χ3n) is 6.04. The van der Waals surface area contributed by atoms with Gasteiger partial charge in [0.1, 0.15) is 0 Å². The number of sulfonamides is 1. The summed E-state index contributed by atoms with van der Waals surface area (Å²) < 4.78 is 39.1. The Hall–Kier alpha value is -1.22. The van der Waals surface area contributed by atoms with E-state index in [1.54, 1.807) is 17.7 Å². The summed E-state index contributed by atoms with van der Waals surface area (Å²) in [6, 6.07) is 1.46. The number of nitrogens with one attached hydrogen (secondary N) is 1. The van der Waals surface area contributed by atoms with Crippen LogP contribution in [-0.4, -0.2) is 51.7 Å². The fraction of sp³-hybridized carbons (Fsp3) is 0.750. The van der Waals surface area contributed by atoms with Gasteiger partial charge in [-0.3, -0.25) is 4.79 Å². The smallest absolute Gasteiger partial charge is 0.253 e. The highest BCUT2D eigenvalue weighted by Crippen LogP contribution is 2.43. The quantitative estimate of drug-likeness (QED) is 0.739. The molecule has 8 heteroatoms. The maximum atomic E-state index is 12.6. The Balaban J connectivity index is 1.67. The van der Waals surface area contributed by atoms with Crippen LogP contribution in [0.3, 0.4) is 0 Å². The van der Waals surface area contributed by atoms with E-state index < -0.39 is 10.0 Å². The second kappa shape index (κ2) is 8.65. The van der Waals surface area contributed by atoms with Crippen LogP contribution in [0.4, 0.5) is 0 Å². The average Bonchev–Trinajstić information content (AvgIpc) is 3.07. The van der Waals surface area contributed by atoms with Crippen molar-refractivity contribution in [1.29, 1.82) is 0 Å². The van der Waals surface area contributed by atoms with Crippen molar-refractivity contribution in [1.82, 2.24) is 9.29 Å². The molecule has 1 aliphatic carbocycles. The Labute approximate surface area is 167 Å². The highest BCUT2D eigenvalue weighted by atomic mass is 32.2. The molecule has 1 spiro atoms. The molecule has 0 aromatic carbocycles. The topological polar surface area (TPSA) is 86.6 Å². The molecule has 158 valence electrons. The third kappa shape index (κ3) is 5.43. The summed E-state index contributed by atoms with van der Waals surface area (Å²) in [6.07, 6.45) is 8.36. The largest absolute Gasteiger partial charge is 0.381 e. The standard InChI is InChI=1S/C20H32N2O5S/c1-15-10-16(2)19(23)22(12-15)17(11-21-28(3,24)25)13-27-18-4-6-20(7-5-18)8-9-26-14-20/h10,12,17-18,21H,4-9,11,13-14H2,1-3H3. The third-order valence-corrected chi connectivity index (χ3v) is 6.73. The Morgan fingerprint density at radius 1 is 1.32 bits per heavy atom. The molecule has 3 rings (SSSR count). The van der Waals surface area contributed by atoms with Gasteiger partial charge < -0.3 is 14.0 Å². The summed E-state index contributed by atoms with van der Waals surface area (Å²) in [7, 11) is -3.35. The molecule has 1 aliphatic heterocycles. The fourth-order valence-electron chi connectivity index (χ4n) is 4.34. The fourth-order valence-corrected chi connectivity index (χ4v) is 4.84. The first-order chi connectivity index (χ1) is 13.2. The molecule has 1 N–H and O–H groups in total. The van der Waals surface area contributed by atoms with Crippen LogP contribution in [0.2, 0.25) is 0 Å². The molecule has 1 aromatic heterocycles. The van der Waals surface area contributed by atoms with E-state index in [-0.39, 0.29) is 24.2 Å². The first-order valence-electron chi connectivity index (χ1n) is 10.0. The number of aryl methyl sites for hydroxylation is 2. The van der Waals surface area contributed by atoms with E-state index in [9.17, 15) is 13.2 Å². The van der Waals surface area contributed by atoms with E-state index in [2.05, 4.69) is 4.72 Å². The molecule has 28 heavy (non-hydrogen) atoms. The van der Waals surface area contributed by atoms with Gasteiger partial charge in [0.05, 0.1) is 31.6 Å². The SMILES string of the molecule is Cc1cc(C)c(=O)n(C(CNS(C)(=O)=O)COC2CCC3(CCOC3)CC2)c1. The van der Waals surface area contributed by atoms with Crippen LogP contribution < -0.4 is 10.3 Å². The van der Waals surface area contributed by atoms with E-state index in [4.69, 9.17) is 9.47 Å². The van der Waals surface area contributed by atoms with Gasteiger partial charge in [-0.25, -0.2) is 13.1 Å². The van der Waals surface area contributed by atoms with Crippen molar-refractivity contribution in [3.05, 3.63) is 33.7 Å². The average molecular weight is 413 g/mol. The minimum absolute atomic E-state index is 0.111. The molecular formula is C20H32N2O5S. The van der Waals surface area contributed by atoms with E-state index in [1.807, 2.05) is 13.0 Å². The molecule has 0 bridgehead atoms. The second-order valence-corrected chi connectivity index (χ2v) is 10.4. The van der Waals surface area contributed by atoms with Crippen molar-refractivity contribution in [3.63, 3.8) is 0 Å². The van der Waals surface area contributed by atoms with Crippen molar-refractivity contribution in [2.45, 2.75) is 58.1 Å². The Morgan fingerprint density at radius 3 is 2.64 bits per heavy atom. The molecule has 1 saturated heterocycles. The number of ether oxygens (including phenoxy) is 2. The zero-order valence-corrected chi connectivity index (χ0v) is 17.9. The summed E-state index contributed by atoms with van der Waals surface area (Å²) in [4.78, 5) is 12.6. The van der Waals surface area contributed by atoms with Crippen LogP contribution in [0.15, 0.2) is 17.1 Å². The van der Waals surface area contributed by atoms with Gasteiger partial charge in [0.25, 0.3) is 5.56 Å². The second-order valence-electron chi connectivity index (χ2n) is 8.52. The lowest BCUT2D eigenvalue weighted by Gasteiger charge is -2.36. The highest BCUT2D eigenvalue weighted by molar-refractivity contribution is 7.88. The van der Waals surface area contributed by atoms with Gasteiger partial charge in [-0.15, -0.1) is 0 Å². The molecule has 7 nitrogen and oxygen atoms in total. The summed E-state index contributed by atoms with van der Waals surface area (Å²) in [5.41, 5.74) is 1.83. The van der Waals surface area contributed by atoms with Crippen molar-refractivity contribution in [2.75, 3.05) is 32.6 Å². The van der Waals surface area contributed by atoms with E-state index >= 15 is 0 Å². The summed E-state index contributed by atoms with van der Waals surface area (Å²) in [5.74, 6) is 0. The summed E-state index contributed by atoms with van der Waals surface area (Å²) in [6.45, 7) is 5.86. The molecule has 0 radical (unpaired) electrons. The van der Waals surface area contributed by atoms with Crippen molar-refractivity contribution in [2.24, 2.45) is 5.41 Å². The van der Waals surface area contributed by atoms with Crippen LogP contribution in [-0.2, 0) is 19.5 Å². The monoisotopic (exact) mass is 412 g/mol. The lowest BCUT2D eigenvalue weighted by atomic mass is 9.73. The number of pyridine rings is 1. The molecule has 0 amide bonds. The molecule has 2 fully saturated rings. The van der Waals surface area contributed by atoms with Crippen LogP contribution >= 0.6 is 0 Å².